The van der Waals surface area contributed by atoms with Gasteiger partial charge in [-0.15, -0.1) is 22.7 Å². The number of nitrogens with two attached hydrogens (primary N) is 6. The number of fused-ring (bicyclic) bond motifs is 5. The van der Waals surface area contributed by atoms with Crippen molar-refractivity contribution >= 4 is 157 Å². The van der Waals surface area contributed by atoms with Gasteiger partial charge in [-0.3, -0.25) is 33.8 Å². The molecule has 136 heavy (non-hydrogen) atoms. The van der Waals surface area contributed by atoms with Crippen LogP contribution in [0.5, 0.6) is 0 Å². The van der Waals surface area contributed by atoms with Gasteiger partial charge in [0.05, 0.1) is 79.0 Å². The third-order valence-corrected chi connectivity index (χ3v) is 24.0. The number of hydrogen-bond acceptors (Lipinski definition) is 30. The maximum Gasteiger partial charge on any atom is 0.271 e. The van der Waals surface area contributed by atoms with E-state index in [0.29, 0.717) is 116 Å². The Bertz CT molecular complexity index is 8260. The Hall–Kier alpha value is -17.0. The van der Waals surface area contributed by atoms with Crippen molar-refractivity contribution < 1.29 is 13.6 Å². The number of hydrogen-bond donors (Lipinski definition) is 6. The van der Waals surface area contributed by atoms with Gasteiger partial charge in [0.1, 0.15) is 98.0 Å². The fourth-order valence-corrected chi connectivity index (χ4v) is 17.9. The summed E-state index contributed by atoms with van der Waals surface area (Å²) in [4.78, 5) is 77.6. The maximum atomic E-state index is 14.6. The SMILES string of the molecule is Cc1cc(C)c2cc(-c3nc(C#N)c(N)nc3-c3ccccc3)cc(Cl)c2n1.Cc1ccnc2c(Cl)cc(-c3nc(C#N)c(N)nc3-c3ccc(F)cc3)c(C)c12.Cc1nc2c(Cl)cc(-c3nc(C#N)c(N)nc3-c3ccn(C)n3)cc2s1.Cc1nc2c(Cl)cc(-c3nc(C#N)c(N)nc3-c3ccn(C)n3)cc2s1.Cn1ccc(-c2nc(N)c(C(N)=O)nc2-c2cc(F)c3ncccc3c2)n1. The number of benzene rings is 7. The normalized spacial score (nSPS) is 10.9. The van der Waals surface area contributed by atoms with E-state index >= 15 is 0 Å². The van der Waals surface area contributed by atoms with Crippen molar-refractivity contribution in [3.05, 3.63) is 275 Å². The Morgan fingerprint density at radius 3 is 1.29 bits per heavy atom. The summed E-state index contributed by atoms with van der Waals surface area (Å²) in [7, 11) is 5.37. The van der Waals surface area contributed by atoms with Gasteiger partial charge in [-0.2, -0.15) is 36.3 Å². The molecule has 0 saturated heterocycles. The van der Waals surface area contributed by atoms with Gasteiger partial charge in [0, 0.05) is 113 Å². The minimum absolute atomic E-state index is 0.0120. The van der Waals surface area contributed by atoms with Crippen LogP contribution in [0.3, 0.4) is 0 Å². The summed E-state index contributed by atoms with van der Waals surface area (Å²) in [6.07, 6.45) is 8.56. The lowest BCUT2D eigenvalue weighted by Gasteiger charge is -2.15. The number of nitrogens with zero attached hydrogens (tertiary/aromatic N) is 25. The molecule has 668 valence electrons. The molecule has 20 rings (SSSR count). The van der Waals surface area contributed by atoms with Crippen LogP contribution in [-0.2, 0) is 21.1 Å². The number of pyridine rings is 3. The largest absolute Gasteiger partial charge is 0.382 e. The number of primary amides is 1. The molecule has 0 aliphatic rings. The number of nitrogen functional groups attached to an aromatic ring is 5. The first-order valence-corrected chi connectivity index (χ1v) is 43.8. The zero-order valence-corrected chi connectivity index (χ0v) is 77.6. The number of halogens is 6. The lowest BCUT2D eigenvalue weighted by Crippen LogP contribution is -2.18. The number of rotatable bonds is 11. The fourth-order valence-electron chi connectivity index (χ4n) is 14.9. The van der Waals surface area contributed by atoms with Crippen LogP contribution < -0.4 is 34.4 Å². The van der Waals surface area contributed by atoms with E-state index in [9.17, 15) is 34.6 Å². The molecule has 0 fully saturated rings. The van der Waals surface area contributed by atoms with E-state index in [1.54, 1.807) is 123 Å². The van der Waals surface area contributed by atoms with E-state index < -0.39 is 11.7 Å². The lowest BCUT2D eigenvalue weighted by molar-refractivity contribution is 0.0996. The Morgan fingerprint density at radius 1 is 0.382 bits per heavy atom. The summed E-state index contributed by atoms with van der Waals surface area (Å²) in [6, 6.07) is 52.1. The predicted molar refractivity (Wildman–Crippen MR) is 525 cm³/mol. The van der Waals surface area contributed by atoms with Crippen LogP contribution in [0.15, 0.2) is 183 Å². The molecule has 20 aromatic rings. The summed E-state index contributed by atoms with van der Waals surface area (Å²) < 4.78 is 34.8. The second-order valence-corrected chi connectivity index (χ2v) is 34.6. The van der Waals surface area contributed by atoms with Crippen molar-refractivity contribution in [2.45, 2.75) is 41.5 Å². The summed E-state index contributed by atoms with van der Waals surface area (Å²) in [5, 5.41) is 56.8. The van der Waals surface area contributed by atoms with Crippen molar-refractivity contribution in [1.82, 2.24) is 104 Å². The molecule has 0 atom stereocenters. The van der Waals surface area contributed by atoms with Crippen LogP contribution >= 0.6 is 69.1 Å². The number of aryl methyl sites for hydroxylation is 9. The first-order chi connectivity index (χ1) is 65.2. The maximum absolute atomic E-state index is 14.6. The molecule has 0 bridgehead atoms. The topological polar surface area (TPSA) is 515 Å². The molecule has 1 amide bonds. The van der Waals surface area contributed by atoms with E-state index in [2.05, 4.69) is 90.1 Å². The molecule has 32 nitrogen and oxygen atoms in total. The Labute approximate surface area is 799 Å². The zero-order valence-electron chi connectivity index (χ0n) is 73.0. The monoisotopic (exact) mass is 1910 g/mol. The van der Waals surface area contributed by atoms with Gasteiger partial charge in [0.25, 0.3) is 5.91 Å². The van der Waals surface area contributed by atoms with Gasteiger partial charge < -0.3 is 34.4 Å². The highest BCUT2D eigenvalue weighted by atomic mass is 35.5. The third-order valence-electron chi connectivity index (χ3n) is 21.1. The van der Waals surface area contributed by atoms with E-state index in [4.69, 9.17) is 80.8 Å². The number of amides is 1. The molecule has 12 N–H and O–H groups in total. The van der Waals surface area contributed by atoms with Crippen LogP contribution in [0.2, 0.25) is 20.1 Å². The number of carbonyl (C=O) groups is 1. The highest BCUT2D eigenvalue weighted by Crippen LogP contribution is 2.44. The average Bonchev–Trinajstić information content (AvgIpc) is 0.889. The second-order valence-electron chi connectivity index (χ2n) is 30.5. The number of nitriles is 4. The van der Waals surface area contributed by atoms with Gasteiger partial charge >= 0.3 is 0 Å². The standard InChI is InChI=1S/C22H15ClFN5.C22H16ClN5.C18H14FN7O.2C17H12ClN7S/c1-11-7-8-27-21-16(23)9-15(12(2)18(11)21)20-19(13-3-5-14(24)6-4-13)29-22(26)17(10-25)28-20;1-12-8-13(2)26-21-16(12)9-15(10-17(21)23)20-19(14-6-4-3-5-7-14)28-22(25)18(11-24)27-20;1-26-6-4-12(25-26)15-14(23-16(18(21)27)17(20)24-15)10-7-9-3-2-5-22-13(9)11(19)8-10;2*1-8-21-15-10(18)5-9(6-13(15)26-8)14-16(11-3-4-25(2)24-11)23-17(20)12(7-19)22-14/h3-9H,1-2H3,(H2,26,29);3-10H,1-2H3,(H2,25,28);2-8H,1H3,(H2,20,24)(H2,21,27);2*3-6H,1-2H3,(H2,20,23). The van der Waals surface area contributed by atoms with E-state index in [1.807, 2.05) is 159 Å². The number of carbonyl (C=O) groups excluding carboxylic acids is 1. The summed E-state index contributed by atoms with van der Waals surface area (Å²) in [5.74, 6) is -1.57. The first kappa shape index (κ1) is 92.3. The zero-order chi connectivity index (χ0) is 96.5. The van der Waals surface area contributed by atoms with Gasteiger partial charge in [-0.1, -0.05) is 82.8 Å². The Kier molecular flexibility index (Phi) is 26.1. The smallest absolute Gasteiger partial charge is 0.271 e. The van der Waals surface area contributed by atoms with Gasteiger partial charge in [-0.25, -0.2) is 68.6 Å². The Balaban J connectivity index is 0.000000123. The molecule has 7 aromatic carbocycles. The molecule has 13 heterocycles. The fraction of sp³-hybridized carbons (Fsp3) is 0.0938. The predicted octanol–water partition coefficient (Wildman–Crippen LogP) is 19.4. The van der Waals surface area contributed by atoms with Crippen LogP contribution in [0.25, 0.3) is 166 Å². The van der Waals surface area contributed by atoms with E-state index in [1.165, 1.54) is 24.4 Å². The molecule has 13 aromatic heterocycles. The molecule has 0 aliphatic heterocycles. The molecule has 0 radical (unpaired) electrons. The van der Waals surface area contributed by atoms with Crippen molar-refractivity contribution in [1.29, 1.82) is 21.0 Å². The minimum atomic E-state index is -0.822. The summed E-state index contributed by atoms with van der Waals surface area (Å²) in [6.45, 7) is 11.7. The third kappa shape index (κ3) is 18.9. The van der Waals surface area contributed by atoms with Crippen molar-refractivity contribution in [3.8, 4) is 137 Å². The van der Waals surface area contributed by atoms with Crippen LogP contribution in [0.1, 0.15) is 65.7 Å². The highest BCUT2D eigenvalue weighted by Gasteiger charge is 2.28. The molecular weight excluding hydrogens is 1850 g/mol. The molecule has 0 aliphatic carbocycles. The highest BCUT2D eigenvalue weighted by molar-refractivity contribution is 7.19. The van der Waals surface area contributed by atoms with E-state index in [-0.39, 0.29) is 74.6 Å². The Morgan fingerprint density at radius 2 is 0.801 bits per heavy atom. The molecule has 0 unspecified atom stereocenters. The van der Waals surface area contributed by atoms with Gasteiger partial charge in [0.2, 0.25) is 0 Å². The quantitative estimate of drug-likeness (QED) is 0.0700. The second kappa shape index (κ2) is 38.5. The van der Waals surface area contributed by atoms with E-state index in [0.717, 1.165) is 91.4 Å². The minimum Gasteiger partial charge on any atom is -0.382 e. The van der Waals surface area contributed by atoms with Crippen LogP contribution in [0, 0.1) is 98.5 Å². The molecule has 0 saturated carbocycles. The van der Waals surface area contributed by atoms with Crippen molar-refractivity contribution in [3.63, 3.8) is 0 Å². The summed E-state index contributed by atoms with van der Waals surface area (Å²) in [5.41, 5.74) is 53.1. The summed E-state index contributed by atoms with van der Waals surface area (Å²) >= 11 is 29.0. The molecular formula is C96H69Cl4F2N31OS2. The number of anilines is 5. The first-order valence-electron chi connectivity index (χ1n) is 40.6. The van der Waals surface area contributed by atoms with Crippen molar-refractivity contribution in [2.75, 3.05) is 28.7 Å². The number of aromatic nitrogens is 21. The van der Waals surface area contributed by atoms with Crippen molar-refractivity contribution in [2.24, 2.45) is 26.9 Å². The lowest BCUT2D eigenvalue weighted by atomic mass is 9.95. The van der Waals surface area contributed by atoms with Crippen LogP contribution in [0.4, 0.5) is 37.9 Å². The number of thiazole rings is 2. The van der Waals surface area contributed by atoms with Crippen LogP contribution in [-0.4, -0.2) is 110 Å². The molecule has 40 heteroatoms. The average molecular weight is 1920 g/mol. The molecule has 0 spiro atoms. The van der Waals surface area contributed by atoms with Gasteiger partial charge in [-0.05, 0) is 173 Å². The van der Waals surface area contributed by atoms with Gasteiger partial charge in [0.15, 0.2) is 57.6 Å².